The minimum Gasteiger partial charge on any atom is -0.493 e. The van der Waals surface area contributed by atoms with Crippen molar-refractivity contribution >= 4 is 17.5 Å². The Morgan fingerprint density at radius 3 is 2.32 bits per heavy atom. The fraction of sp³-hybridized carbons (Fsp3) is 0.222. The summed E-state index contributed by atoms with van der Waals surface area (Å²) in [7, 11) is 1.48. The number of non-ortho nitro benzene ring substituents is 1. The summed E-state index contributed by atoms with van der Waals surface area (Å²) in [5, 5.41) is 10.6. The van der Waals surface area contributed by atoms with Crippen molar-refractivity contribution in [2.45, 2.75) is 13.0 Å². The van der Waals surface area contributed by atoms with Gasteiger partial charge < -0.3 is 14.2 Å². The molecule has 0 bridgehead atoms. The first-order valence-electron chi connectivity index (χ1n) is 8.16. The Balaban J connectivity index is 1.76. The van der Waals surface area contributed by atoms with E-state index in [-0.39, 0.29) is 18.0 Å². The van der Waals surface area contributed by atoms with Crippen LogP contribution in [-0.4, -0.2) is 36.6 Å². The van der Waals surface area contributed by atoms with E-state index >= 15 is 0 Å². The minimum atomic E-state index is -0.896. The summed E-state index contributed by atoms with van der Waals surface area (Å²) in [5.74, 6) is -0.0473. The van der Waals surface area contributed by atoms with Crippen LogP contribution in [0.4, 0.5) is 5.69 Å². The fourth-order valence-corrected chi connectivity index (χ4v) is 2.04. The maximum Gasteiger partial charge on any atom is 0.279 e. The number of methoxy groups -OCH3 is 1. The molecular formula is C18H19N3O7. The molecule has 0 fully saturated rings. The molecule has 0 aliphatic heterocycles. The number of amides is 2. The lowest BCUT2D eigenvalue weighted by atomic mass is 10.3. The molecule has 1 unspecified atom stereocenters. The molecule has 0 aromatic heterocycles. The summed E-state index contributed by atoms with van der Waals surface area (Å²) in [6.45, 7) is 1.13. The number of para-hydroxylation sites is 2. The lowest BCUT2D eigenvalue weighted by molar-refractivity contribution is -0.384. The van der Waals surface area contributed by atoms with E-state index in [2.05, 4.69) is 10.9 Å². The first-order valence-corrected chi connectivity index (χ1v) is 8.16. The van der Waals surface area contributed by atoms with Gasteiger partial charge in [0.05, 0.1) is 12.0 Å². The molecule has 10 nitrogen and oxygen atoms in total. The normalized spacial score (nSPS) is 11.1. The van der Waals surface area contributed by atoms with Crippen LogP contribution < -0.4 is 25.1 Å². The van der Waals surface area contributed by atoms with Gasteiger partial charge in [0.2, 0.25) is 0 Å². The molecule has 148 valence electrons. The van der Waals surface area contributed by atoms with Crippen LogP contribution in [0.25, 0.3) is 0 Å². The van der Waals surface area contributed by atoms with Crippen molar-refractivity contribution in [3.63, 3.8) is 0 Å². The second kappa shape index (κ2) is 9.76. The number of carbonyl (C=O) groups is 2. The zero-order chi connectivity index (χ0) is 20.5. The van der Waals surface area contributed by atoms with E-state index in [1.165, 1.54) is 38.3 Å². The number of carbonyl (C=O) groups excluding carboxylic acids is 2. The van der Waals surface area contributed by atoms with Gasteiger partial charge in [0.1, 0.15) is 5.75 Å². The Hall–Kier alpha value is -3.82. The molecule has 0 aliphatic rings. The van der Waals surface area contributed by atoms with Crippen LogP contribution in [0.2, 0.25) is 0 Å². The van der Waals surface area contributed by atoms with Crippen LogP contribution in [0.15, 0.2) is 48.5 Å². The maximum absolute atomic E-state index is 12.0. The van der Waals surface area contributed by atoms with Crippen molar-refractivity contribution < 1.29 is 28.7 Å². The van der Waals surface area contributed by atoms with Crippen LogP contribution in [-0.2, 0) is 9.59 Å². The van der Waals surface area contributed by atoms with E-state index in [0.29, 0.717) is 11.5 Å². The summed E-state index contributed by atoms with van der Waals surface area (Å²) in [6.07, 6.45) is -0.896. The fourth-order valence-electron chi connectivity index (χ4n) is 2.04. The highest BCUT2D eigenvalue weighted by Gasteiger charge is 2.17. The predicted octanol–water partition coefficient (Wildman–Crippen LogP) is 1.60. The van der Waals surface area contributed by atoms with Crippen molar-refractivity contribution in [1.29, 1.82) is 0 Å². The van der Waals surface area contributed by atoms with Crippen LogP contribution in [0, 0.1) is 10.1 Å². The molecule has 0 saturated heterocycles. The van der Waals surface area contributed by atoms with Crippen LogP contribution >= 0.6 is 0 Å². The average Bonchev–Trinajstić information content (AvgIpc) is 2.71. The number of hydrogen-bond donors (Lipinski definition) is 2. The van der Waals surface area contributed by atoms with E-state index in [0.717, 1.165) is 0 Å². The topological polar surface area (TPSA) is 129 Å². The van der Waals surface area contributed by atoms with Crippen LogP contribution in [0.1, 0.15) is 6.92 Å². The quantitative estimate of drug-likeness (QED) is 0.518. The van der Waals surface area contributed by atoms with Gasteiger partial charge in [-0.2, -0.15) is 0 Å². The summed E-state index contributed by atoms with van der Waals surface area (Å²) in [6, 6.07) is 12.1. The predicted molar refractivity (Wildman–Crippen MR) is 98.0 cm³/mol. The molecule has 2 amide bonds. The Bertz CT molecular complexity index is 839. The van der Waals surface area contributed by atoms with Gasteiger partial charge in [-0.15, -0.1) is 0 Å². The van der Waals surface area contributed by atoms with Crippen molar-refractivity contribution in [3.8, 4) is 17.2 Å². The van der Waals surface area contributed by atoms with Gasteiger partial charge in [0.15, 0.2) is 24.2 Å². The number of rotatable bonds is 8. The number of nitrogens with one attached hydrogen (secondary N) is 2. The molecule has 28 heavy (non-hydrogen) atoms. The third kappa shape index (κ3) is 5.87. The van der Waals surface area contributed by atoms with Gasteiger partial charge in [-0.25, -0.2) is 0 Å². The van der Waals surface area contributed by atoms with E-state index in [9.17, 15) is 19.7 Å². The van der Waals surface area contributed by atoms with Gasteiger partial charge in [-0.05, 0) is 31.2 Å². The van der Waals surface area contributed by atoms with Crippen molar-refractivity contribution in [2.24, 2.45) is 0 Å². The zero-order valence-corrected chi connectivity index (χ0v) is 15.2. The van der Waals surface area contributed by atoms with Crippen molar-refractivity contribution in [3.05, 3.63) is 58.6 Å². The van der Waals surface area contributed by atoms with Crippen molar-refractivity contribution in [2.75, 3.05) is 13.7 Å². The number of ether oxygens (including phenoxy) is 3. The summed E-state index contributed by atoms with van der Waals surface area (Å²) >= 11 is 0. The molecule has 1 atom stereocenters. The highest BCUT2D eigenvalue weighted by atomic mass is 16.6. The third-order valence-corrected chi connectivity index (χ3v) is 3.48. The zero-order valence-electron chi connectivity index (χ0n) is 15.2. The second-order valence-corrected chi connectivity index (χ2v) is 5.49. The maximum atomic E-state index is 12.0. The molecule has 2 N–H and O–H groups in total. The minimum absolute atomic E-state index is 0.0897. The van der Waals surface area contributed by atoms with E-state index < -0.39 is 22.8 Å². The van der Waals surface area contributed by atoms with Crippen molar-refractivity contribution in [1.82, 2.24) is 10.9 Å². The highest BCUT2D eigenvalue weighted by Crippen LogP contribution is 2.26. The van der Waals surface area contributed by atoms with E-state index in [4.69, 9.17) is 14.2 Å². The Morgan fingerprint density at radius 1 is 1.07 bits per heavy atom. The van der Waals surface area contributed by atoms with E-state index in [1.807, 2.05) is 0 Å². The first kappa shape index (κ1) is 20.5. The van der Waals surface area contributed by atoms with Gasteiger partial charge in [0, 0.05) is 12.1 Å². The third-order valence-electron chi connectivity index (χ3n) is 3.48. The monoisotopic (exact) mass is 389 g/mol. The van der Waals surface area contributed by atoms with Gasteiger partial charge in [-0.3, -0.25) is 30.6 Å². The van der Waals surface area contributed by atoms with Gasteiger partial charge in [-0.1, -0.05) is 12.1 Å². The molecule has 2 aromatic carbocycles. The van der Waals surface area contributed by atoms with Crippen LogP contribution in [0.3, 0.4) is 0 Å². The molecule has 0 saturated carbocycles. The first-order chi connectivity index (χ1) is 13.4. The molecule has 0 spiro atoms. The highest BCUT2D eigenvalue weighted by molar-refractivity contribution is 5.85. The molecule has 0 heterocycles. The lowest BCUT2D eigenvalue weighted by Gasteiger charge is -2.16. The largest absolute Gasteiger partial charge is 0.493 e. The molecule has 10 heteroatoms. The van der Waals surface area contributed by atoms with Gasteiger partial charge in [0.25, 0.3) is 17.5 Å². The molecule has 2 aromatic rings. The summed E-state index contributed by atoms with van der Waals surface area (Å²) in [4.78, 5) is 33.8. The Kier molecular flexibility index (Phi) is 7.14. The summed E-state index contributed by atoms with van der Waals surface area (Å²) < 4.78 is 15.8. The number of nitro benzene ring substituents is 1. The smallest absolute Gasteiger partial charge is 0.279 e. The number of hydrogen-bond acceptors (Lipinski definition) is 7. The lowest BCUT2D eigenvalue weighted by Crippen LogP contribution is -2.48. The second-order valence-electron chi connectivity index (χ2n) is 5.49. The van der Waals surface area contributed by atoms with E-state index in [1.54, 1.807) is 24.3 Å². The SMILES string of the molecule is COc1ccccc1OC(C)C(=O)NNC(=O)COc1ccc([N+](=O)[O-])cc1. The standard InChI is InChI=1S/C18H19N3O7/c1-12(28-16-6-4-3-5-15(16)26-2)18(23)20-19-17(22)11-27-14-9-7-13(8-10-14)21(24)25/h3-10,12H,11H2,1-2H3,(H,19,22)(H,20,23). The average molecular weight is 389 g/mol. The number of hydrazine groups is 1. The van der Waals surface area contributed by atoms with Crippen LogP contribution in [0.5, 0.6) is 17.2 Å². The summed E-state index contributed by atoms with van der Waals surface area (Å²) in [5.41, 5.74) is 4.33. The Labute approximate surface area is 160 Å². The molecule has 2 rings (SSSR count). The number of nitrogens with zero attached hydrogens (tertiary/aromatic N) is 1. The molecule has 0 aliphatic carbocycles. The molecule has 0 radical (unpaired) electrons. The molecular weight excluding hydrogens is 370 g/mol. The number of benzene rings is 2. The Morgan fingerprint density at radius 2 is 1.71 bits per heavy atom. The van der Waals surface area contributed by atoms with Gasteiger partial charge >= 0.3 is 0 Å². The number of nitro groups is 1.